The predicted octanol–water partition coefficient (Wildman–Crippen LogP) is 1.31. The van der Waals surface area contributed by atoms with E-state index in [0.717, 1.165) is 32.2 Å². The average Bonchev–Trinajstić information content (AvgIpc) is 1.96. The third-order valence-corrected chi connectivity index (χ3v) is 2.42. The Hall–Kier alpha value is -0.370. The van der Waals surface area contributed by atoms with E-state index in [2.05, 4.69) is 11.9 Å². The lowest BCUT2D eigenvalue weighted by Crippen LogP contribution is -2.24. The van der Waals surface area contributed by atoms with Crippen molar-refractivity contribution in [1.82, 2.24) is 4.90 Å². The molecule has 0 aliphatic carbocycles. The van der Waals surface area contributed by atoms with E-state index < -0.39 is 0 Å². The van der Waals surface area contributed by atoms with Crippen LogP contribution in [0.25, 0.3) is 0 Å². The molecule has 2 heteroatoms. The molecule has 0 saturated carbocycles. The fourth-order valence-corrected chi connectivity index (χ4v) is 1.64. The second kappa shape index (κ2) is 4.50. The van der Waals surface area contributed by atoms with E-state index in [1.807, 2.05) is 0 Å². The molecule has 1 rings (SSSR count). The molecule has 0 N–H and O–H groups in total. The van der Waals surface area contributed by atoms with Gasteiger partial charge in [0.1, 0.15) is 6.29 Å². The fourth-order valence-electron chi connectivity index (χ4n) is 1.64. The summed E-state index contributed by atoms with van der Waals surface area (Å²) in [6.07, 6.45) is 5.67. The maximum atomic E-state index is 10.5. The third kappa shape index (κ3) is 3.02. The quantitative estimate of drug-likeness (QED) is 0.532. The van der Waals surface area contributed by atoms with Crippen molar-refractivity contribution in [3.8, 4) is 0 Å². The molecule has 0 spiro atoms. The number of rotatable bonds is 1. The van der Waals surface area contributed by atoms with Crippen LogP contribution in [-0.2, 0) is 4.79 Å². The minimum Gasteiger partial charge on any atom is -0.306 e. The summed E-state index contributed by atoms with van der Waals surface area (Å²) in [5, 5.41) is 0. The number of carbonyl (C=O) groups is 1. The summed E-state index contributed by atoms with van der Waals surface area (Å²) >= 11 is 0. The zero-order valence-corrected chi connectivity index (χ0v) is 7.25. The van der Waals surface area contributed by atoms with E-state index in [0.29, 0.717) is 5.92 Å². The molecule has 1 aliphatic heterocycles. The molecule has 11 heavy (non-hydrogen) atoms. The predicted molar refractivity (Wildman–Crippen MR) is 45.5 cm³/mol. The highest BCUT2D eigenvalue weighted by atomic mass is 16.1. The summed E-state index contributed by atoms with van der Waals surface area (Å²) in [7, 11) is 2.15. The van der Waals surface area contributed by atoms with Crippen LogP contribution >= 0.6 is 0 Å². The van der Waals surface area contributed by atoms with Crippen LogP contribution in [0.1, 0.15) is 25.7 Å². The van der Waals surface area contributed by atoms with Crippen molar-refractivity contribution in [1.29, 1.82) is 0 Å². The number of nitrogens with zero attached hydrogens (tertiary/aromatic N) is 1. The zero-order valence-electron chi connectivity index (χ0n) is 7.25. The normalized spacial score (nSPS) is 24.1. The van der Waals surface area contributed by atoms with Crippen LogP contribution in [0.5, 0.6) is 0 Å². The lowest BCUT2D eigenvalue weighted by Gasteiger charge is -2.21. The molecule has 0 radical (unpaired) electrons. The molecule has 0 amide bonds. The van der Waals surface area contributed by atoms with Crippen LogP contribution < -0.4 is 0 Å². The van der Waals surface area contributed by atoms with Gasteiger partial charge < -0.3 is 9.69 Å². The van der Waals surface area contributed by atoms with Gasteiger partial charge in [0.15, 0.2) is 0 Å². The van der Waals surface area contributed by atoms with Gasteiger partial charge in [0.25, 0.3) is 0 Å². The largest absolute Gasteiger partial charge is 0.306 e. The molecule has 1 saturated heterocycles. The first kappa shape index (κ1) is 8.72. The Kier molecular flexibility index (Phi) is 3.57. The second-order valence-electron chi connectivity index (χ2n) is 3.48. The third-order valence-electron chi connectivity index (χ3n) is 2.42. The highest BCUT2D eigenvalue weighted by molar-refractivity contribution is 5.53. The summed E-state index contributed by atoms with van der Waals surface area (Å²) in [5.74, 6) is 0.351. The highest BCUT2D eigenvalue weighted by Gasteiger charge is 2.11. The van der Waals surface area contributed by atoms with Gasteiger partial charge in [-0.2, -0.15) is 0 Å². The van der Waals surface area contributed by atoms with E-state index in [1.165, 1.54) is 12.8 Å². The summed E-state index contributed by atoms with van der Waals surface area (Å²) in [6, 6.07) is 0. The molecule has 0 bridgehead atoms. The highest BCUT2D eigenvalue weighted by Crippen LogP contribution is 2.14. The topological polar surface area (TPSA) is 20.3 Å². The maximum absolute atomic E-state index is 10.5. The van der Waals surface area contributed by atoms with Crippen LogP contribution in [0.2, 0.25) is 0 Å². The van der Waals surface area contributed by atoms with E-state index >= 15 is 0 Å². The molecule has 1 aliphatic rings. The van der Waals surface area contributed by atoms with Crippen molar-refractivity contribution < 1.29 is 4.79 Å². The molecule has 0 aromatic rings. The van der Waals surface area contributed by atoms with Crippen molar-refractivity contribution in [2.75, 3.05) is 20.1 Å². The minimum atomic E-state index is 0.351. The van der Waals surface area contributed by atoms with Gasteiger partial charge in [-0.1, -0.05) is 0 Å². The maximum Gasteiger partial charge on any atom is 0.123 e. The summed E-state index contributed by atoms with van der Waals surface area (Å²) in [5.41, 5.74) is 0. The van der Waals surface area contributed by atoms with Crippen LogP contribution in [0.4, 0.5) is 0 Å². The summed E-state index contributed by atoms with van der Waals surface area (Å²) < 4.78 is 0. The molecular formula is C9H17NO. The van der Waals surface area contributed by atoms with Crippen molar-refractivity contribution >= 4 is 6.29 Å². The zero-order chi connectivity index (χ0) is 8.10. The van der Waals surface area contributed by atoms with Gasteiger partial charge in [0.2, 0.25) is 0 Å². The average molecular weight is 155 g/mol. The number of carbonyl (C=O) groups excluding carboxylic acids is 1. The molecular weight excluding hydrogens is 138 g/mol. The molecule has 0 atom stereocenters. The molecule has 0 aromatic carbocycles. The first-order valence-corrected chi connectivity index (χ1v) is 4.47. The van der Waals surface area contributed by atoms with Crippen molar-refractivity contribution in [2.45, 2.75) is 25.7 Å². The molecule has 1 fully saturated rings. The summed E-state index contributed by atoms with van der Waals surface area (Å²) in [6.45, 7) is 2.31. The standard InChI is InChI=1S/C9H17NO/c1-10-6-2-4-9(8-11)5-3-7-10/h8-9H,2-7H2,1H3. The smallest absolute Gasteiger partial charge is 0.123 e. The summed E-state index contributed by atoms with van der Waals surface area (Å²) in [4.78, 5) is 12.8. The first-order chi connectivity index (χ1) is 5.33. The van der Waals surface area contributed by atoms with E-state index in [1.54, 1.807) is 0 Å². The Bertz CT molecular complexity index is 115. The van der Waals surface area contributed by atoms with Gasteiger partial charge in [-0.3, -0.25) is 0 Å². The van der Waals surface area contributed by atoms with Gasteiger partial charge in [-0.25, -0.2) is 0 Å². The fraction of sp³-hybridized carbons (Fsp3) is 0.889. The molecule has 2 nitrogen and oxygen atoms in total. The van der Waals surface area contributed by atoms with Crippen LogP contribution in [0.3, 0.4) is 0 Å². The molecule has 1 heterocycles. The van der Waals surface area contributed by atoms with Crippen molar-refractivity contribution in [3.05, 3.63) is 0 Å². The SMILES string of the molecule is CN1CCCC(C=O)CCC1. The number of likely N-dealkylation sites (tertiary alicyclic amines) is 1. The van der Waals surface area contributed by atoms with E-state index in [4.69, 9.17) is 0 Å². The minimum absolute atomic E-state index is 0.351. The van der Waals surface area contributed by atoms with Crippen LogP contribution in [0.15, 0.2) is 0 Å². The molecule has 0 unspecified atom stereocenters. The Morgan fingerprint density at radius 2 is 1.82 bits per heavy atom. The van der Waals surface area contributed by atoms with Gasteiger partial charge >= 0.3 is 0 Å². The number of hydrogen-bond acceptors (Lipinski definition) is 2. The van der Waals surface area contributed by atoms with Gasteiger partial charge in [-0.15, -0.1) is 0 Å². The van der Waals surface area contributed by atoms with E-state index in [9.17, 15) is 4.79 Å². The Labute approximate surface area is 68.6 Å². The van der Waals surface area contributed by atoms with Crippen LogP contribution in [-0.4, -0.2) is 31.3 Å². The Morgan fingerprint density at radius 3 is 2.27 bits per heavy atom. The first-order valence-electron chi connectivity index (χ1n) is 4.47. The lowest BCUT2D eigenvalue weighted by atomic mass is 9.97. The lowest BCUT2D eigenvalue weighted by molar-refractivity contribution is -0.111. The molecule has 0 aromatic heterocycles. The van der Waals surface area contributed by atoms with Gasteiger partial charge in [0, 0.05) is 5.92 Å². The Morgan fingerprint density at radius 1 is 1.27 bits per heavy atom. The molecule has 64 valence electrons. The van der Waals surface area contributed by atoms with Crippen molar-refractivity contribution in [2.24, 2.45) is 5.92 Å². The van der Waals surface area contributed by atoms with Crippen molar-refractivity contribution in [3.63, 3.8) is 0 Å². The monoisotopic (exact) mass is 155 g/mol. The van der Waals surface area contributed by atoms with E-state index in [-0.39, 0.29) is 0 Å². The number of aldehydes is 1. The number of hydrogen-bond donors (Lipinski definition) is 0. The second-order valence-corrected chi connectivity index (χ2v) is 3.48. The Balaban J connectivity index is 2.28. The van der Waals surface area contributed by atoms with Crippen LogP contribution in [0, 0.1) is 5.92 Å². The van der Waals surface area contributed by atoms with Gasteiger partial charge in [-0.05, 0) is 45.8 Å². The van der Waals surface area contributed by atoms with Gasteiger partial charge in [0.05, 0.1) is 0 Å².